The Hall–Kier alpha value is -2.15. The Morgan fingerprint density at radius 2 is 1.67 bits per heavy atom. The molecule has 0 radical (unpaired) electrons. The Morgan fingerprint density at radius 3 is 2.28 bits per heavy atom. The first-order chi connectivity index (χ1) is 16.9. The lowest BCUT2D eigenvalue weighted by atomic mass is 10.1. The molecule has 2 heterocycles. The van der Waals surface area contributed by atoms with E-state index in [2.05, 4.69) is 10.6 Å². The summed E-state index contributed by atoms with van der Waals surface area (Å²) in [5, 5.41) is 14.4. The van der Waals surface area contributed by atoms with Crippen LogP contribution in [0.4, 0.5) is 9.59 Å². The maximum absolute atomic E-state index is 12.1. The quantitative estimate of drug-likeness (QED) is 0.293. The second-order valence-corrected chi connectivity index (χ2v) is 10.1. The van der Waals surface area contributed by atoms with Crippen LogP contribution in [-0.2, 0) is 33.2 Å². The molecule has 0 spiro atoms. The summed E-state index contributed by atoms with van der Waals surface area (Å²) in [7, 11) is 0. The molecule has 2 fully saturated rings. The van der Waals surface area contributed by atoms with Gasteiger partial charge in [0.15, 0.2) is 11.6 Å². The molecule has 2 amide bonds. The zero-order valence-electron chi connectivity index (χ0n) is 22.0. The summed E-state index contributed by atoms with van der Waals surface area (Å²) in [6, 6.07) is -1.09. The van der Waals surface area contributed by atoms with Crippen molar-refractivity contribution in [3.8, 4) is 0 Å². The normalized spacial score (nSPS) is 24.0. The van der Waals surface area contributed by atoms with Crippen LogP contribution in [0.25, 0.3) is 0 Å². The standard InChI is InChI=1S/C24H42N2O10/c1-16(19-15-34-24(4,5)36-19)13-32-22(30)26-18(20(27)28)10-6-7-11-25-21(29)31-12-8-9-17-14-33-23(2,3)35-17/h16-19H,6-15H2,1-5H3,(H,25,29)(H,26,30)(H,27,28). The number of carboxylic acids is 1. The average Bonchev–Trinajstić information content (AvgIpc) is 3.34. The molecule has 208 valence electrons. The molecule has 0 saturated carbocycles. The molecule has 4 unspecified atom stereocenters. The van der Waals surface area contributed by atoms with E-state index in [1.807, 2.05) is 34.6 Å². The molecule has 3 N–H and O–H groups in total. The van der Waals surface area contributed by atoms with Crippen molar-refractivity contribution < 1.29 is 47.9 Å². The van der Waals surface area contributed by atoms with Crippen molar-refractivity contribution in [1.82, 2.24) is 10.6 Å². The average molecular weight is 519 g/mol. The van der Waals surface area contributed by atoms with E-state index in [0.29, 0.717) is 39.0 Å². The summed E-state index contributed by atoms with van der Waals surface area (Å²) in [6.07, 6.45) is 1.09. The van der Waals surface area contributed by atoms with Gasteiger partial charge < -0.3 is 44.2 Å². The van der Waals surface area contributed by atoms with Crippen LogP contribution in [-0.4, -0.2) is 86.1 Å². The number of hydrogen-bond donors (Lipinski definition) is 3. The van der Waals surface area contributed by atoms with E-state index in [0.717, 1.165) is 6.42 Å². The molecule has 36 heavy (non-hydrogen) atoms. The lowest BCUT2D eigenvalue weighted by Crippen LogP contribution is -2.42. The van der Waals surface area contributed by atoms with Crippen LogP contribution in [0.3, 0.4) is 0 Å². The van der Waals surface area contributed by atoms with Crippen molar-refractivity contribution in [2.45, 2.75) is 96.5 Å². The molecule has 4 atom stereocenters. The second-order valence-electron chi connectivity index (χ2n) is 10.1. The number of ether oxygens (including phenoxy) is 6. The first kappa shape index (κ1) is 30.1. The van der Waals surface area contributed by atoms with Gasteiger partial charge in [-0.15, -0.1) is 0 Å². The van der Waals surface area contributed by atoms with Crippen LogP contribution >= 0.6 is 0 Å². The third kappa shape index (κ3) is 11.3. The Morgan fingerprint density at radius 1 is 0.972 bits per heavy atom. The van der Waals surface area contributed by atoms with Gasteiger partial charge in [0.25, 0.3) is 0 Å². The van der Waals surface area contributed by atoms with Crippen molar-refractivity contribution >= 4 is 18.2 Å². The molecular weight excluding hydrogens is 476 g/mol. The van der Waals surface area contributed by atoms with Crippen LogP contribution in [0.5, 0.6) is 0 Å². The van der Waals surface area contributed by atoms with Crippen LogP contribution in [0, 0.1) is 5.92 Å². The van der Waals surface area contributed by atoms with Crippen LogP contribution in [0.15, 0.2) is 0 Å². The monoisotopic (exact) mass is 518 g/mol. The fraction of sp³-hybridized carbons (Fsp3) is 0.875. The summed E-state index contributed by atoms with van der Waals surface area (Å²) in [5.41, 5.74) is 0. The molecular formula is C24H42N2O10. The number of carbonyl (C=O) groups excluding carboxylic acids is 2. The Bertz CT molecular complexity index is 730. The van der Waals surface area contributed by atoms with Crippen molar-refractivity contribution in [2.75, 3.05) is 33.0 Å². The SMILES string of the molecule is CC(COC(=O)NC(CCCCNC(=O)OCCCC1COC(C)(C)O1)C(=O)O)C1COC(C)(C)O1. The van der Waals surface area contributed by atoms with Crippen molar-refractivity contribution in [2.24, 2.45) is 5.92 Å². The molecule has 12 nitrogen and oxygen atoms in total. The number of carbonyl (C=O) groups is 3. The van der Waals surface area contributed by atoms with Gasteiger partial charge in [0, 0.05) is 12.5 Å². The number of rotatable bonds is 14. The van der Waals surface area contributed by atoms with Gasteiger partial charge in [-0.25, -0.2) is 14.4 Å². The van der Waals surface area contributed by atoms with E-state index < -0.39 is 35.8 Å². The molecule has 12 heteroatoms. The minimum Gasteiger partial charge on any atom is -0.480 e. The van der Waals surface area contributed by atoms with E-state index >= 15 is 0 Å². The lowest BCUT2D eigenvalue weighted by Gasteiger charge is -2.21. The smallest absolute Gasteiger partial charge is 0.407 e. The molecule has 0 bridgehead atoms. The molecule has 2 saturated heterocycles. The van der Waals surface area contributed by atoms with E-state index in [1.54, 1.807) is 0 Å². The number of aliphatic carboxylic acids is 1. The minimum atomic E-state index is -1.15. The Kier molecular flexibility index (Phi) is 11.7. The number of alkyl carbamates (subject to hydrolysis) is 2. The lowest BCUT2D eigenvalue weighted by molar-refractivity contribution is -0.145. The van der Waals surface area contributed by atoms with Crippen molar-refractivity contribution in [3.05, 3.63) is 0 Å². The predicted molar refractivity (Wildman–Crippen MR) is 127 cm³/mol. The fourth-order valence-corrected chi connectivity index (χ4v) is 3.85. The topological polar surface area (TPSA) is 151 Å². The van der Waals surface area contributed by atoms with E-state index in [4.69, 9.17) is 28.4 Å². The highest BCUT2D eigenvalue weighted by Gasteiger charge is 2.36. The molecule has 2 aliphatic rings. The summed E-state index contributed by atoms with van der Waals surface area (Å²) in [5.74, 6) is -2.49. The van der Waals surface area contributed by atoms with Crippen LogP contribution in [0.2, 0.25) is 0 Å². The van der Waals surface area contributed by atoms with E-state index in [9.17, 15) is 19.5 Å². The summed E-state index contributed by atoms with van der Waals surface area (Å²) in [4.78, 5) is 35.3. The van der Waals surface area contributed by atoms with Gasteiger partial charge in [-0.05, 0) is 59.8 Å². The van der Waals surface area contributed by atoms with Gasteiger partial charge in [0.05, 0.1) is 38.6 Å². The number of unbranched alkanes of at least 4 members (excludes halogenated alkanes) is 1. The number of amides is 2. The zero-order valence-corrected chi connectivity index (χ0v) is 22.0. The summed E-state index contributed by atoms with van der Waals surface area (Å²) in [6.45, 7) is 10.8. The highest BCUT2D eigenvalue weighted by Crippen LogP contribution is 2.27. The van der Waals surface area contributed by atoms with Crippen LogP contribution < -0.4 is 10.6 Å². The van der Waals surface area contributed by atoms with E-state index in [1.165, 1.54) is 0 Å². The number of carboxylic acid groups (broad SMARTS) is 1. The van der Waals surface area contributed by atoms with Gasteiger partial charge in [0.2, 0.25) is 0 Å². The maximum Gasteiger partial charge on any atom is 0.407 e. The van der Waals surface area contributed by atoms with Crippen molar-refractivity contribution in [3.63, 3.8) is 0 Å². The van der Waals surface area contributed by atoms with E-state index in [-0.39, 0.29) is 37.8 Å². The maximum atomic E-state index is 12.1. The van der Waals surface area contributed by atoms with Gasteiger partial charge in [0.1, 0.15) is 6.04 Å². The van der Waals surface area contributed by atoms with Gasteiger partial charge in [-0.3, -0.25) is 0 Å². The molecule has 0 aromatic carbocycles. The summed E-state index contributed by atoms with van der Waals surface area (Å²) >= 11 is 0. The highest BCUT2D eigenvalue weighted by molar-refractivity contribution is 5.79. The van der Waals surface area contributed by atoms with Crippen LogP contribution in [0.1, 0.15) is 66.7 Å². The Balaban J connectivity index is 1.52. The Labute approximate surface area is 212 Å². The van der Waals surface area contributed by atoms with Gasteiger partial charge in [-0.1, -0.05) is 6.92 Å². The second kappa shape index (κ2) is 14.0. The predicted octanol–water partition coefficient (Wildman–Crippen LogP) is 2.78. The van der Waals surface area contributed by atoms with Crippen molar-refractivity contribution in [1.29, 1.82) is 0 Å². The number of hydrogen-bond acceptors (Lipinski definition) is 9. The molecule has 2 rings (SSSR count). The number of nitrogens with one attached hydrogen (secondary N) is 2. The molecule has 0 aromatic rings. The van der Waals surface area contributed by atoms with Gasteiger partial charge in [-0.2, -0.15) is 0 Å². The first-order valence-electron chi connectivity index (χ1n) is 12.6. The third-order valence-corrected chi connectivity index (χ3v) is 5.89. The third-order valence-electron chi connectivity index (χ3n) is 5.89. The minimum absolute atomic E-state index is 0.00598. The highest BCUT2D eigenvalue weighted by atomic mass is 16.7. The first-order valence-corrected chi connectivity index (χ1v) is 12.6. The zero-order chi connectivity index (χ0) is 26.8. The molecule has 0 aromatic heterocycles. The fourth-order valence-electron chi connectivity index (χ4n) is 3.85. The molecule has 0 aliphatic carbocycles. The molecule has 2 aliphatic heterocycles. The largest absolute Gasteiger partial charge is 0.480 e. The van der Waals surface area contributed by atoms with Gasteiger partial charge >= 0.3 is 18.2 Å². The summed E-state index contributed by atoms with van der Waals surface area (Å²) < 4.78 is 32.7.